The number of nitrogens with zero attached hydrogens (tertiary/aromatic N) is 1. The first-order valence-electron chi connectivity index (χ1n) is 4.48. The first-order valence-corrected chi connectivity index (χ1v) is 4.48. The van der Waals surface area contributed by atoms with Gasteiger partial charge in [-0.15, -0.1) is 0 Å². The van der Waals surface area contributed by atoms with Crippen molar-refractivity contribution in [3.63, 3.8) is 0 Å². The van der Waals surface area contributed by atoms with Gasteiger partial charge in [-0.1, -0.05) is 6.92 Å². The van der Waals surface area contributed by atoms with Gasteiger partial charge in [0.05, 0.1) is 17.8 Å². The van der Waals surface area contributed by atoms with Crippen molar-refractivity contribution in [3.05, 3.63) is 29.6 Å². The third-order valence-electron chi connectivity index (χ3n) is 2.33. The quantitative estimate of drug-likeness (QED) is 0.558. The van der Waals surface area contributed by atoms with Crippen molar-refractivity contribution in [2.75, 3.05) is 0 Å². The molecule has 0 aromatic carbocycles. The number of aromatic nitrogens is 2. The first-order chi connectivity index (χ1) is 6.68. The van der Waals surface area contributed by atoms with Crippen molar-refractivity contribution < 1.29 is 4.79 Å². The van der Waals surface area contributed by atoms with E-state index < -0.39 is 0 Å². The van der Waals surface area contributed by atoms with E-state index in [0.29, 0.717) is 11.5 Å². The van der Waals surface area contributed by atoms with Crippen LogP contribution in [0.1, 0.15) is 35.4 Å². The molecule has 1 unspecified atom stereocenters. The van der Waals surface area contributed by atoms with E-state index >= 15 is 0 Å². The summed E-state index contributed by atoms with van der Waals surface area (Å²) in [6, 6.07) is 0. The van der Waals surface area contributed by atoms with Crippen LogP contribution < -0.4 is 11.1 Å². The van der Waals surface area contributed by atoms with Crippen LogP contribution in [0.5, 0.6) is 0 Å². The Balaban J connectivity index is 2.43. The van der Waals surface area contributed by atoms with E-state index in [1.165, 1.54) is 6.33 Å². The zero-order valence-electron chi connectivity index (χ0n) is 7.87. The van der Waals surface area contributed by atoms with Gasteiger partial charge in [-0.3, -0.25) is 4.79 Å². The largest absolute Gasteiger partial charge is 0.385 e. The lowest BCUT2D eigenvalue weighted by Crippen LogP contribution is -2.30. The summed E-state index contributed by atoms with van der Waals surface area (Å²) in [6.45, 7) is 2.03. The van der Waals surface area contributed by atoms with Gasteiger partial charge >= 0.3 is 0 Å². The SMILES string of the molecule is CC1C/C=C(\N)NC(=O)c2nc[nH]c21. The number of nitrogens with one attached hydrogen (secondary N) is 2. The molecule has 0 bridgehead atoms. The van der Waals surface area contributed by atoms with Gasteiger partial charge in [-0.25, -0.2) is 4.98 Å². The molecule has 1 aromatic heterocycles. The maximum Gasteiger partial charge on any atom is 0.277 e. The molecule has 5 nitrogen and oxygen atoms in total. The van der Waals surface area contributed by atoms with Crippen molar-refractivity contribution in [3.8, 4) is 0 Å². The molecule has 0 radical (unpaired) electrons. The van der Waals surface area contributed by atoms with Gasteiger partial charge in [0, 0.05) is 5.92 Å². The average Bonchev–Trinajstić information content (AvgIpc) is 2.60. The Kier molecular flexibility index (Phi) is 1.99. The molecule has 0 saturated heterocycles. The summed E-state index contributed by atoms with van der Waals surface area (Å²) in [5.74, 6) is 0.383. The zero-order chi connectivity index (χ0) is 10.1. The Bertz CT molecular complexity index is 393. The predicted molar refractivity (Wildman–Crippen MR) is 51.4 cm³/mol. The van der Waals surface area contributed by atoms with Crippen LogP contribution in [-0.4, -0.2) is 15.9 Å². The molecule has 2 heterocycles. The van der Waals surface area contributed by atoms with Crippen molar-refractivity contribution in [1.29, 1.82) is 0 Å². The minimum atomic E-state index is -0.249. The van der Waals surface area contributed by atoms with E-state index in [1.807, 2.05) is 13.0 Å². The molecule has 1 aromatic rings. The maximum absolute atomic E-state index is 11.6. The molecule has 1 aliphatic heterocycles. The van der Waals surface area contributed by atoms with Crippen LogP contribution in [0.2, 0.25) is 0 Å². The summed E-state index contributed by atoms with van der Waals surface area (Å²) in [4.78, 5) is 18.5. The fourth-order valence-electron chi connectivity index (χ4n) is 1.52. The lowest BCUT2D eigenvalue weighted by atomic mass is 10.0. The first kappa shape index (κ1) is 8.80. The Morgan fingerprint density at radius 1 is 1.64 bits per heavy atom. The molecule has 5 heteroatoms. The Morgan fingerprint density at radius 3 is 3.21 bits per heavy atom. The van der Waals surface area contributed by atoms with E-state index in [-0.39, 0.29) is 11.8 Å². The second kappa shape index (κ2) is 3.17. The van der Waals surface area contributed by atoms with Crippen LogP contribution >= 0.6 is 0 Å². The lowest BCUT2D eigenvalue weighted by Gasteiger charge is -2.13. The number of carbonyl (C=O) groups is 1. The number of aromatic amines is 1. The van der Waals surface area contributed by atoms with Crippen LogP contribution in [0.25, 0.3) is 0 Å². The monoisotopic (exact) mass is 192 g/mol. The second-order valence-electron chi connectivity index (χ2n) is 3.42. The van der Waals surface area contributed by atoms with Gasteiger partial charge in [0.2, 0.25) is 0 Å². The van der Waals surface area contributed by atoms with Crippen LogP contribution in [-0.2, 0) is 0 Å². The number of amides is 1. The van der Waals surface area contributed by atoms with Crippen LogP contribution in [0, 0.1) is 0 Å². The number of fused-ring (bicyclic) bond motifs is 1. The Labute approximate surface area is 81.4 Å². The van der Waals surface area contributed by atoms with Crippen molar-refractivity contribution in [2.45, 2.75) is 19.3 Å². The maximum atomic E-state index is 11.6. The topological polar surface area (TPSA) is 83.8 Å². The second-order valence-corrected chi connectivity index (χ2v) is 3.42. The number of rotatable bonds is 0. The number of imidazole rings is 1. The van der Waals surface area contributed by atoms with Crippen molar-refractivity contribution >= 4 is 5.91 Å². The Hall–Kier alpha value is -1.78. The van der Waals surface area contributed by atoms with E-state index in [2.05, 4.69) is 15.3 Å². The van der Waals surface area contributed by atoms with Gasteiger partial charge in [0.15, 0.2) is 0 Å². The summed E-state index contributed by atoms with van der Waals surface area (Å²) >= 11 is 0. The predicted octanol–water partition coefficient (Wildman–Crippen LogP) is 0.447. The van der Waals surface area contributed by atoms with Crippen molar-refractivity contribution in [1.82, 2.24) is 15.3 Å². The smallest absolute Gasteiger partial charge is 0.277 e. The number of hydrogen-bond donors (Lipinski definition) is 3. The molecule has 1 aliphatic rings. The highest BCUT2D eigenvalue weighted by molar-refractivity contribution is 5.94. The fraction of sp³-hybridized carbons (Fsp3) is 0.333. The summed E-state index contributed by atoms with van der Waals surface area (Å²) in [5, 5.41) is 2.56. The number of nitrogens with two attached hydrogens (primary N) is 1. The molecule has 74 valence electrons. The van der Waals surface area contributed by atoms with Gasteiger partial charge in [0.1, 0.15) is 5.69 Å². The molecule has 0 fully saturated rings. The van der Waals surface area contributed by atoms with Crippen LogP contribution in [0.15, 0.2) is 18.2 Å². The molecule has 2 rings (SSSR count). The molecule has 0 spiro atoms. The van der Waals surface area contributed by atoms with E-state index in [1.54, 1.807) is 0 Å². The molecule has 1 amide bonds. The van der Waals surface area contributed by atoms with Crippen molar-refractivity contribution in [2.24, 2.45) is 5.73 Å². The summed E-state index contributed by atoms with van der Waals surface area (Å²) in [7, 11) is 0. The third-order valence-corrected chi connectivity index (χ3v) is 2.33. The molecule has 4 N–H and O–H groups in total. The van der Waals surface area contributed by atoms with Crippen LogP contribution in [0.3, 0.4) is 0 Å². The minimum Gasteiger partial charge on any atom is -0.385 e. The summed E-state index contributed by atoms with van der Waals surface area (Å²) in [6.07, 6.45) is 4.13. The molecule has 0 saturated carbocycles. The molecule has 0 aliphatic carbocycles. The average molecular weight is 192 g/mol. The molecule has 14 heavy (non-hydrogen) atoms. The van der Waals surface area contributed by atoms with E-state index in [4.69, 9.17) is 5.73 Å². The normalized spacial score (nSPS) is 25.4. The number of H-pyrrole nitrogens is 1. The summed E-state index contributed by atoms with van der Waals surface area (Å²) < 4.78 is 0. The van der Waals surface area contributed by atoms with E-state index in [9.17, 15) is 4.79 Å². The van der Waals surface area contributed by atoms with Gasteiger partial charge in [0.25, 0.3) is 5.91 Å². The molecule has 1 atom stereocenters. The van der Waals surface area contributed by atoms with Gasteiger partial charge in [-0.05, 0) is 12.5 Å². The highest BCUT2D eigenvalue weighted by Crippen LogP contribution is 2.21. The molecular weight excluding hydrogens is 180 g/mol. The minimum absolute atomic E-state index is 0.233. The van der Waals surface area contributed by atoms with Crippen LogP contribution in [0.4, 0.5) is 0 Å². The highest BCUT2D eigenvalue weighted by Gasteiger charge is 2.20. The molecular formula is C9H12N4O. The zero-order valence-corrected chi connectivity index (χ0v) is 7.87. The van der Waals surface area contributed by atoms with Gasteiger partial charge < -0.3 is 16.0 Å². The Morgan fingerprint density at radius 2 is 2.43 bits per heavy atom. The fourth-order valence-corrected chi connectivity index (χ4v) is 1.52. The summed E-state index contributed by atoms with van der Waals surface area (Å²) in [5.41, 5.74) is 6.88. The standard InChI is InChI=1S/C9H12N4O/c1-5-2-3-6(10)13-9(14)8-7(5)11-4-12-8/h3-5H,2,10H2,1H3,(H,11,12)(H,13,14)/b6-3+. The van der Waals surface area contributed by atoms with E-state index in [0.717, 1.165) is 12.1 Å². The number of carbonyl (C=O) groups excluding carboxylic acids is 1. The number of hydrogen-bond acceptors (Lipinski definition) is 3. The highest BCUT2D eigenvalue weighted by atomic mass is 16.2. The van der Waals surface area contributed by atoms with Gasteiger partial charge in [-0.2, -0.15) is 0 Å². The third kappa shape index (κ3) is 1.37. The number of allylic oxidation sites excluding steroid dienone is 1. The lowest BCUT2D eigenvalue weighted by molar-refractivity contribution is 0.0958.